The first kappa shape index (κ1) is 18.8. The van der Waals surface area contributed by atoms with Gasteiger partial charge in [0.05, 0.1) is 29.8 Å². The molecule has 1 aromatic heterocycles. The molecule has 0 unspecified atom stereocenters. The molecule has 0 atom stereocenters. The summed E-state index contributed by atoms with van der Waals surface area (Å²) in [6, 6.07) is 7.17. The topological polar surface area (TPSA) is 98.7 Å². The van der Waals surface area contributed by atoms with E-state index in [1.807, 2.05) is 6.07 Å². The van der Waals surface area contributed by atoms with Crippen LogP contribution in [-0.4, -0.2) is 59.0 Å². The monoisotopic (exact) mass is 371 g/mol. The van der Waals surface area contributed by atoms with Gasteiger partial charge in [-0.3, -0.25) is 14.6 Å². The van der Waals surface area contributed by atoms with Crippen molar-refractivity contribution in [3.05, 3.63) is 36.2 Å². The van der Waals surface area contributed by atoms with Crippen molar-refractivity contribution in [1.29, 1.82) is 0 Å². The quantitative estimate of drug-likeness (QED) is 0.736. The molecule has 3 rings (SSSR count). The maximum Gasteiger partial charge on any atom is 0.359 e. The van der Waals surface area contributed by atoms with Gasteiger partial charge in [0.15, 0.2) is 12.3 Å². The Morgan fingerprint density at radius 2 is 1.81 bits per heavy atom. The lowest BCUT2D eigenvalue weighted by Crippen LogP contribution is -2.42. The number of nitrogens with zero attached hydrogens (tertiary/aromatic N) is 3. The molecule has 0 saturated carbocycles. The van der Waals surface area contributed by atoms with Gasteiger partial charge in [-0.2, -0.15) is 0 Å². The molecule has 2 aromatic rings. The highest BCUT2D eigenvalue weighted by Crippen LogP contribution is 2.19. The summed E-state index contributed by atoms with van der Waals surface area (Å²) in [5.41, 5.74) is 1.32. The highest BCUT2D eigenvalue weighted by Gasteiger charge is 2.28. The third kappa shape index (κ3) is 4.58. The first-order chi connectivity index (χ1) is 13.1. The molecule has 2 heterocycles. The molecule has 0 aliphatic carbocycles. The number of para-hydroxylation sites is 2. The smallest absolute Gasteiger partial charge is 0.359 e. The van der Waals surface area contributed by atoms with Crippen LogP contribution in [-0.2, 0) is 19.1 Å². The van der Waals surface area contributed by atoms with Crippen LogP contribution < -0.4 is 0 Å². The number of rotatable bonds is 5. The number of ether oxygens (including phenoxy) is 2. The number of esters is 2. The van der Waals surface area contributed by atoms with Crippen LogP contribution in [0.2, 0.25) is 0 Å². The minimum atomic E-state index is -0.692. The number of benzene rings is 1. The van der Waals surface area contributed by atoms with Gasteiger partial charge in [-0.05, 0) is 31.9 Å². The van der Waals surface area contributed by atoms with Crippen LogP contribution in [0.1, 0.15) is 30.3 Å². The van der Waals surface area contributed by atoms with Crippen LogP contribution in [0.15, 0.2) is 30.5 Å². The summed E-state index contributed by atoms with van der Waals surface area (Å²) >= 11 is 0. The Hall–Kier alpha value is -3.03. The molecule has 1 aliphatic heterocycles. The van der Waals surface area contributed by atoms with Crippen LogP contribution in [0.4, 0.5) is 0 Å². The summed E-state index contributed by atoms with van der Waals surface area (Å²) < 4.78 is 10.1. The van der Waals surface area contributed by atoms with E-state index in [-0.39, 0.29) is 30.1 Å². The van der Waals surface area contributed by atoms with Crippen molar-refractivity contribution in [2.45, 2.75) is 19.8 Å². The predicted octanol–water partition coefficient (Wildman–Crippen LogP) is 1.59. The number of fused-ring (bicyclic) bond motifs is 1. The van der Waals surface area contributed by atoms with Crippen molar-refractivity contribution in [3.8, 4) is 0 Å². The number of carbonyl (C=O) groups is 3. The zero-order valence-electron chi connectivity index (χ0n) is 15.1. The van der Waals surface area contributed by atoms with E-state index < -0.39 is 5.97 Å². The molecule has 1 amide bonds. The van der Waals surface area contributed by atoms with E-state index in [1.165, 1.54) is 6.20 Å². The van der Waals surface area contributed by atoms with E-state index in [0.29, 0.717) is 43.6 Å². The van der Waals surface area contributed by atoms with Gasteiger partial charge < -0.3 is 14.4 Å². The summed E-state index contributed by atoms with van der Waals surface area (Å²) in [7, 11) is 0. The maximum absolute atomic E-state index is 12.2. The van der Waals surface area contributed by atoms with Gasteiger partial charge in [0.25, 0.3) is 5.91 Å². The Morgan fingerprint density at radius 3 is 2.52 bits per heavy atom. The maximum atomic E-state index is 12.2. The molecule has 0 radical (unpaired) electrons. The van der Waals surface area contributed by atoms with Gasteiger partial charge in [0, 0.05) is 13.1 Å². The van der Waals surface area contributed by atoms with Crippen molar-refractivity contribution in [3.63, 3.8) is 0 Å². The fourth-order valence-electron chi connectivity index (χ4n) is 2.97. The lowest BCUT2D eigenvalue weighted by molar-refractivity contribution is -0.151. The number of amides is 1. The fourth-order valence-corrected chi connectivity index (χ4v) is 2.97. The molecule has 0 spiro atoms. The normalized spacial score (nSPS) is 14.8. The van der Waals surface area contributed by atoms with Crippen LogP contribution in [0.3, 0.4) is 0 Å². The molecule has 1 aromatic carbocycles. The summed E-state index contributed by atoms with van der Waals surface area (Å²) in [6.07, 6.45) is 2.43. The van der Waals surface area contributed by atoms with Gasteiger partial charge >= 0.3 is 11.9 Å². The molecule has 1 fully saturated rings. The summed E-state index contributed by atoms with van der Waals surface area (Å²) in [5, 5.41) is 0. The highest BCUT2D eigenvalue weighted by molar-refractivity contribution is 5.91. The van der Waals surface area contributed by atoms with Crippen molar-refractivity contribution in [2.75, 3.05) is 26.3 Å². The van der Waals surface area contributed by atoms with Gasteiger partial charge in [0.2, 0.25) is 0 Å². The second kappa shape index (κ2) is 8.57. The molecule has 27 heavy (non-hydrogen) atoms. The van der Waals surface area contributed by atoms with Crippen LogP contribution in [0, 0.1) is 5.92 Å². The predicted molar refractivity (Wildman–Crippen MR) is 95.8 cm³/mol. The number of hydrogen-bond acceptors (Lipinski definition) is 7. The van der Waals surface area contributed by atoms with E-state index in [9.17, 15) is 14.4 Å². The van der Waals surface area contributed by atoms with Crippen LogP contribution >= 0.6 is 0 Å². The zero-order valence-corrected chi connectivity index (χ0v) is 15.1. The minimum Gasteiger partial charge on any atom is -0.466 e. The molecular formula is C19H21N3O5. The number of likely N-dealkylation sites (tertiary alicyclic amines) is 1. The summed E-state index contributed by atoms with van der Waals surface area (Å²) in [6.45, 7) is 2.64. The summed E-state index contributed by atoms with van der Waals surface area (Å²) in [5.74, 6) is -1.38. The molecule has 1 aliphatic rings. The second-order valence-corrected chi connectivity index (χ2v) is 6.23. The highest BCUT2D eigenvalue weighted by atomic mass is 16.5. The van der Waals surface area contributed by atoms with E-state index >= 15 is 0 Å². The molecule has 0 N–H and O–H groups in total. The van der Waals surface area contributed by atoms with Gasteiger partial charge in [-0.1, -0.05) is 12.1 Å². The first-order valence-electron chi connectivity index (χ1n) is 8.91. The Morgan fingerprint density at radius 1 is 1.11 bits per heavy atom. The second-order valence-electron chi connectivity index (χ2n) is 6.23. The van der Waals surface area contributed by atoms with Gasteiger partial charge in [-0.15, -0.1) is 0 Å². The average molecular weight is 371 g/mol. The Bertz CT molecular complexity index is 846. The van der Waals surface area contributed by atoms with E-state index in [1.54, 1.807) is 30.0 Å². The molecule has 0 bridgehead atoms. The van der Waals surface area contributed by atoms with Crippen molar-refractivity contribution >= 4 is 28.9 Å². The lowest BCUT2D eigenvalue weighted by atomic mass is 9.97. The van der Waals surface area contributed by atoms with E-state index in [2.05, 4.69) is 9.97 Å². The largest absolute Gasteiger partial charge is 0.466 e. The number of carbonyl (C=O) groups excluding carboxylic acids is 3. The SMILES string of the molecule is CCOC(=O)C1CCN(C(=O)COC(=O)c2cnc3ccccc3n2)CC1. The number of hydrogen-bond donors (Lipinski definition) is 0. The van der Waals surface area contributed by atoms with Crippen LogP contribution in [0.5, 0.6) is 0 Å². The van der Waals surface area contributed by atoms with E-state index in [4.69, 9.17) is 9.47 Å². The minimum absolute atomic E-state index is 0.0579. The standard InChI is InChI=1S/C19H21N3O5/c1-2-26-18(24)13-7-9-22(10-8-13)17(23)12-27-19(25)16-11-20-14-5-3-4-6-15(14)21-16/h3-6,11,13H,2,7-10,12H2,1H3. The lowest BCUT2D eigenvalue weighted by Gasteiger charge is -2.30. The average Bonchev–Trinajstić information content (AvgIpc) is 2.71. The fraction of sp³-hybridized carbons (Fsp3) is 0.421. The van der Waals surface area contributed by atoms with Gasteiger partial charge in [-0.25, -0.2) is 9.78 Å². The van der Waals surface area contributed by atoms with Crippen molar-refractivity contribution in [2.24, 2.45) is 5.92 Å². The Labute approximate surface area is 156 Å². The first-order valence-corrected chi connectivity index (χ1v) is 8.91. The number of aromatic nitrogens is 2. The molecule has 8 nitrogen and oxygen atoms in total. The Balaban J connectivity index is 1.50. The van der Waals surface area contributed by atoms with Crippen molar-refractivity contribution < 1.29 is 23.9 Å². The van der Waals surface area contributed by atoms with Crippen LogP contribution in [0.25, 0.3) is 11.0 Å². The molecule has 8 heteroatoms. The van der Waals surface area contributed by atoms with Gasteiger partial charge in [0.1, 0.15) is 0 Å². The zero-order chi connectivity index (χ0) is 19.2. The number of piperidine rings is 1. The molecule has 142 valence electrons. The summed E-state index contributed by atoms with van der Waals surface area (Å²) in [4.78, 5) is 46.1. The third-order valence-electron chi connectivity index (χ3n) is 4.45. The third-order valence-corrected chi connectivity index (χ3v) is 4.45. The molecule has 1 saturated heterocycles. The molecular weight excluding hydrogens is 350 g/mol. The van der Waals surface area contributed by atoms with E-state index in [0.717, 1.165) is 0 Å². The Kier molecular flexibility index (Phi) is 5.95. The van der Waals surface area contributed by atoms with Crippen molar-refractivity contribution in [1.82, 2.24) is 14.9 Å².